The minimum atomic E-state index is 0.344. The second-order valence-electron chi connectivity index (χ2n) is 4.87. The van der Waals surface area contributed by atoms with E-state index in [1.54, 1.807) is 0 Å². The summed E-state index contributed by atoms with van der Waals surface area (Å²) in [5.41, 5.74) is 0. The Bertz CT molecular complexity index is 233. The molecule has 4 heteroatoms. The first-order chi connectivity index (χ1) is 7.81. The molecule has 0 atom stereocenters. The summed E-state index contributed by atoms with van der Waals surface area (Å²) >= 11 is 4.24. The van der Waals surface area contributed by atoms with Gasteiger partial charge < -0.3 is 4.90 Å². The van der Waals surface area contributed by atoms with Crippen molar-refractivity contribution in [2.24, 2.45) is 5.92 Å². The van der Waals surface area contributed by atoms with Crippen LogP contribution in [0.25, 0.3) is 0 Å². The Labute approximate surface area is 104 Å². The number of piperazine rings is 1. The lowest BCUT2D eigenvalue weighted by atomic mass is 10.1. The second-order valence-corrected chi connectivity index (χ2v) is 5.32. The zero-order valence-electron chi connectivity index (χ0n) is 9.90. The Morgan fingerprint density at radius 3 is 2.31 bits per heavy atom. The average Bonchev–Trinajstić information content (AvgIpc) is 2.83. The molecule has 92 valence electrons. The number of hydrogen-bond donors (Lipinski definition) is 1. The topological polar surface area (TPSA) is 23.6 Å². The van der Waals surface area contributed by atoms with Gasteiger partial charge in [-0.25, -0.2) is 0 Å². The van der Waals surface area contributed by atoms with Crippen LogP contribution < -0.4 is 0 Å². The van der Waals surface area contributed by atoms with E-state index < -0.39 is 0 Å². The zero-order valence-corrected chi connectivity index (χ0v) is 10.8. The molecule has 2 aliphatic rings. The van der Waals surface area contributed by atoms with Crippen molar-refractivity contribution >= 4 is 18.5 Å². The quantitative estimate of drug-likeness (QED) is 0.753. The maximum absolute atomic E-state index is 12.2. The third kappa shape index (κ3) is 2.92. The fourth-order valence-corrected chi connectivity index (χ4v) is 3.05. The predicted octanol–water partition coefficient (Wildman–Crippen LogP) is 1.25. The Kier molecular flexibility index (Phi) is 4.53. The van der Waals surface area contributed by atoms with Crippen molar-refractivity contribution in [3.63, 3.8) is 0 Å². The molecule has 0 radical (unpaired) electrons. The summed E-state index contributed by atoms with van der Waals surface area (Å²) in [5, 5.41) is 0. The average molecular weight is 242 g/mol. The van der Waals surface area contributed by atoms with Gasteiger partial charge in [-0.1, -0.05) is 12.8 Å². The molecule has 0 aromatic rings. The van der Waals surface area contributed by atoms with Crippen LogP contribution in [0, 0.1) is 5.92 Å². The van der Waals surface area contributed by atoms with Crippen LogP contribution in [0.4, 0.5) is 0 Å². The summed E-state index contributed by atoms with van der Waals surface area (Å²) in [7, 11) is 0. The van der Waals surface area contributed by atoms with E-state index in [1.165, 1.54) is 12.8 Å². The summed E-state index contributed by atoms with van der Waals surface area (Å²) in [5.74, 6) is 1.68. The van der Waals surface area contributed by atoms with E-state index in [0.29, 0.717) is 11.8 Å². The normalized spacial score (nSPS) is 23.9. The van der Waals surface area contributed by atoms with Gasteiger partial charge in [0.1, 0.15) is 0 Å². The largest absolute Gasteiger partial charge is 0.340 e. The molecule has 1 aliphatic heterocycles. The highest BCUT2D eigenvalue weighted by Crippen LogP contribution is 2.26. The molecule has 0 spiro atoms. The minimum absolute atomic E-state index is 0.344. The smallest absolute Gasteiger partial charge is 0.225 e. The number of carbonyl (C=O) groups excluding carboxylic acids is 1. The Hall–Kier alpha value is -0.220. The molecule has 1 amide bonds. The molecule has 2 fully saturated rings. The van der Waals surface area contributed by atoms with Gasteiger partial charge in [-0.05, 0) is 12.8 Å². The molecule has 3 nitrogen and oxygen atoms in total. The van der Waals surface area contributed by atoms with E-state index in [9.17, 15) is 4.79 Å². The van der Waals surface area contributed by atoms with Gasteiger partial charge in [0.25, 0.3) is 0 Å². The summed E-state index contributed by atoms with van der Waals surface area (Å²) in [4.78, 5) is 16.6. The lowest BCUT2D eigenvalue weighted by molar-refractivity contribution is -0.137. The van der Waals surface area contributed by atoms with Gasteiger partial charge >= 0.3 is 0 Å². The number of thiol groups is 1. The standard InChI is InChI=1S/C12H22N2OS/c15-12(11-3-1-2-4-11)14-7-5-13(6-8-14)9-10-16/h11,16H,1-10H2. The van der Waals surface area contributed by atoms with Gasteiger partial charge in [0.15, 0.2) is 0 Å². The molecule has 0 N–H and O–H groups in total. The highest BCUT2D eigenvalue weighted by molar-refractivity contribution is 7.80. The third-order valence-corrected chi connectivity index (χ3v) is 4.00. The summed E-state index contributed by atoms with van der Waals surface area (Å²) in [6.45, 7) is 4.94. The fraction of sp³-hybridized carbons (Fsp3) is 0.917. The molecule has 16 heavy (non-hydrogen) atoms. The molecule has 0 bridgehead atoms. The summed E-state index contributed by atoms with van der Waals surface area (Å²) in [6.07, 6.45) is 4.73. The predicted molar refractivity (Wildman–Crippen MR) is 68.8 cm³/mol. The molecule has 1 heterocycles. The Balaban J connectivity index is 1.77. The van der Waals surface area contributed by atoms with Gasteiger partial charge in [0, 0.05) is 44.4 Å². The van der Waals surface area contributed by atoms with Gasteiger partial charge in [-0.3, -0.25) is 9.69 Å². The van der Waals surface area contributed by atoms with Crippen molar-refractivity contribution in [2.75, 3.05) is 38.5 Å². The van der Waals surface area contributed by atoms with E-state index in [0.717, 1.165) is 51.3 Å². The van der Waals surface area contributed by atoms with Gasteiger partial charge in [0.05, 0.1) is 0 Å². The highest BCUT2D eigenvalue weighted by atomic mass is 32.1. The van der Waals surface area contributed by atoms with Crippen LogP contribution in [-0.4, -0.2) is 54.2 Å². The number of rotatable bonds is 3. The zero-order chi connectivity index (χ0) is 11.4. The van der Waals surface area contributed by atoms with Crippen molar-refractivity contribution in [1.82, 2.24) is 9.80 Å². The lowest BCUT2D eigenvalue weighted by Crippen LogP contribution is -2.50. The monoisotopic (exact) mass is 242 g/mol. The van der Waals surface area contributed by atoms with Crippen molar-refractivity contribution in [1.29, 1.82) is 0 Å². The van der Waals surface area contributed by atoms with Crippen molar-refractivity contribution in [3.8, 4) is 0 Å². The number of nitrogens with zero attached hydrogens (tertiary/aromatic N) is 2. The Morgan fingerprint density at radius 1 is 1.12 bits per heavy atom. The number of amides is 1. The van der Waals surface area contributed by atoms with E-state index in [2.05, 4.69) is 22.4 Å². The van der Waals surface area contributed by atoms with Gasteiger partial charge in [0.2, 0.25) is 5.91 Å². The first-order valence-corrected chi connectivity index (χ1v) is 7.06. The molecule has 1 saturated heterocycles. The molecule has 0 aromatic carbocycles. The Morgan fingerprint density at radius 2 is 1.75 bits per heavy atom. The first-order valence-electron chi connectivity index (χ1n) is 6.43. The lowest BCUT2D eigenvalue weighted by Gasteiger charge is -2.35. The maximum Gasteiger partial charge on any atom is 0.225 e. The molecule has 1 saturated carbocycles. The molecule has 2 rings (SSSR count). The van der Waals surface area contributed by atoms with E-state index in [4.69, 9.17) is 0 Å². The van der Waals surface area contributed by atoms with Crippen LogP contribution in [0.15, 0.2) is 0 Å². The van der Waals surface area contributed by atoms with Crippen molar-refractivity contribution < 1.29 is 4.79 Å². The molecular formula is C12H22N2OS. The van der Waals surface area contributed by atoms with Crippen LogP contribution in [-0.2, 0) is 4.79 Å². The van der Waals surface area contributed by atoms with Crippen LogP contribution in [0.1, 0.15) is 25.7 Å². The van der Waals surface area contributed by atoms with Crippen LogP contribution in [0.2, 0.25) is 0 Å². The first kappa shape index (κ1) is 12.2. The van der Waals surface area contributed by atoms with E-state index in [-0.39, 0.29) is 0 Å². The van der Waals surface area contributed by atoms with Crippen LogP contribution in [0.5, 0.6) is 0 Å². The summed E-state index contributed by atoms with van der Waals surface area (Å²) in [6, 6.07) is 0. The molecule has 1 aliphatic carbocycles. The van der Waals surface area contributed by atoms with Crippen LogP contribution >= 0.6 is 12.6 Å². The van der Waals surface area contributed by atoms with Gasteiger partial charge in [-0.2, -0.15) is 12.6 Å². The molecule has 0 unspecified atom stereocenters. The fourth-order valence-electron chi connectivity index (χ4n) is 2.76. The van der Waals surface area contributed by atoms with E-state index in [1.807, 2.05) is 0 Å². The summed E-state index contributed by atoms with van der Waals surface area (Å²) < 4.78 is 0. The number of hydrogen-bond acceptors (Lipinski definition) is 3. The van der Waals surface area contributed by atoms with Gasteiger partial charge in [-0.15, -0.1) is 0 Å². The van der Waals surface area contributed by atoms with Crippen LogP contribution in [0.3, 0.4) is 0 Å². The third-order valence-electron chi connectivity index (χ3n) is 3.80. The highest BCUT2D eigenvalue weighted by Gasteiger charge is 2.28. The molecular weight excluding hydrogens is 220 g/mol. The van der Waals surface area contributed by atoms with Crippen molar-refractivity contribution in [2.45, 2.75) is 25.7 Å². The van der Waals surface area contributed by atoms with Crippen molar-refractivity contribution in [3.05, 3.63) is 0 Å². The van der Waals surface area contributed by atoms with E-state index >= 15 is 0 Å². The molecule has 0 aromatic heterocycles. The SMILES string of the molecule is O=C(C1CCCC1)N1CCN(CCS)CC1. The number of carbonyl (C=O) groups is 1. The maximum atomic E-state index is 12.2. The minimum Gasteiger partial charge on any atom is -0.340 e. The second kappa shape index (κ2) is 5.92.